The van der Waals surface area contributed by atoms with Crippen molar-refractivity contribution < 1.29 is 4.79 Å². The number of benzene rings is 1. The van der Waals surface area contributed by atoms with Gasteiger partial charge < -0.3 is 16.4 Å². The van der Waals surface area contributed by atoms with Crippen LogP contribution in [0.5, 0.6) is 0 Å². The van der Waals surface area contributed by atoms with Crippen molar-refractivity contribution in [2.75, 3.05) is 18.0 Å². The minimum Gasteiger partial charge on any atom is -0.370 e. The van der Waals surface area contributed by atoms with Crippen molar-refractivity contribution in [3.63, 3.8) is 0 Å². The highest BCUT2D eigenvalue weighted by Crippen LogP contribution is 2.36. The Hall–Kier alpha value is -1.07. The predicted octanol–water partition coefficient (Wildman–Crippen LogP) is 1.61. The molecule has 1 atom stereocenters. The first-order valence-corrected chi connectivity index (χ1v) is 6.79. The molecule has 1 aliphatic heterocycles. The van der Waals surface area contributed by atoms with E-state index in [9.17, 15) is 4.79 Å². The van der Waals surface area contributed by atoms with E-state index in [0.29, 0.717) is 13.1 Å². The molecule has 1 amide bonds. The average molecular weight is 312 g/mol. The van der Waals surface area contributed by atoms with E-state index in [2.05, 4.69) is 20.8 Å². The fourth-order valence-electron chi connectivity index (χ4n) is 2.41. The maximum Gasteiger partial charge on any atom is 0.225 e. The van der Waals surface area contributed by atoms with Gasteiger partial charge in [-0.1, -0.05) is 22.0 Å². The average Bonchev–Trinajstić information content (AvgIpc) is 2.73. The summed E-state index contributed by atoms with van der Waals surface area (Å²) in [6, 6.07) is 6.01. The lowest BCUT2D eigenvalue weighted by atomic mass is 9.89. The van der Waals surface area contributed by atoms with Crippen LogP contribution in [0.1, 0.15) is 18.9 Å². The van der Waals surface area contributed by atoms with Crippen LogP contribution in [0, 0.1) is 5.41 Å². The molecule has 0 aliphatic carbocycles. The van der Waals surface area contributed by atoms with Crippen molar-refractivity contribution in [1.82, 2.24) is 0 Å². The summed E-state index contributed by atoms with van der Waals surface area (Å²) in [6.07, 6.45) is 0.791. The molecule has 1 aromatic carbocycles. The van der Waals surface area contributed by atoms with Crippen LogP contribution < -0.4 is 16.4 Å². The normalized spacial score (nSPS) is 23.4. The molecule has 4 N–H and O–H groups in total. The number of hydrogen-bond acceptors (Lipinski definition) is 3. The van der Waals surface area contributed by atoms with Gasteiger partial charge in [-0.3, -0.25) is 4.79 Å². The van der Waals surface area contributed by atoms with E-state index in [0.717, 1.165) is 28.7 Å². The first-order valence-electron chi connectivity index (χ1n) is 6.00. The summed E-state index contributed by atoms with van der Waals surface area (Å²) < 4.78 is 1.01. The van der Waals surface area contributed by atoms with Gasteiger partial charge in [-0.25, -0.2) is 0 Å². The van der Waals surface area contributed by atoms with Gasteiger partial charge in [-0.05, 0) is 25.5 Å². The molecular weight excluding hydrogens is 294 g/mol. The second kappa shape index (κ2) is 4.90. The van der Waals surface area contributed by atoms with Crippen LogP contribution in [0.4, 0.5) is 5.69 Å². The Labute approximate surface area is 115 Å². The zero-order chi connectivity index (χ0) is 13.3. The number of carbonyl (C=O) groups excluding carboxylic acids is 1. The van der Waals surface area contributed by atoms with Gasteiger partial charge in [0.25, 0.3) is 0 Å². The summed E-state index contributed by atoms with van der Waals surface area (Å²) in [7, 11) is 0. The highest BCUT2D eigenvalue weighted by atomic mass is 79.9. The van der Waals surface area contributed by atoms with E-state index in [4.69, 9.17) is 11.5 Å². The summed E-state index contributed by atoms with van der Waals surface area (Å²) in [4.78, 5) is 13.7. The summed E-state index contributed by atoms with van der Waals surface area (Å²) in [5, 5.41) is 0. The zero-order valence-corrected chi connectivity index (χ0v) is 12.0. The summed E-state index contributed by atoms with van der Waals surface area (Å²) in [6.45, 7) is 3.89. The van der Waals surface area contributed by atoms with Crippen molar-refractivity contribution >= 4 is 27.5 Å². The second-order valence-electron chi connectivity index (χ2n) is 5.04. The van der Waals surface area contributed by atoms with Crippen LogP contribution in [-0.2, 0) is 11.3 Å². The molecule has 1 unspecified atom stereocenters. The summed E-state index contributed by atoms with van der Waals surface area (Å²) in [5.74, 6) is -0.228. The molecule has 0 radical (unpaired) electrons. The molecule has 0 bridgehead atoms. The van der Waals surface area contributed by atoms with Crippen molar-refractivity contribution in [3.8, 4) is 0 Å². The van der Waals surface area contributed by atoms with E-state index in [1.54, 1.807) is 0 Å². The molecule has 1 aliphatic rings. The SMILES string of the molecule is CC1(C(N)=O)CCN(c2cccc(Br)c2CN)C1. The van der Waals surface area contributed by atoms with Gasteiger partial charge >= 0.3 is 0 Å². The first-order chi connectivity index (χ1) is 8.48. The Balaban J connectivity index is 2.30. The molecule has 18 heavy (non-hydrogen) atoms. The third kappa shape index (κ3) is 2.24. The van der Waals surface area contributed by atoms with Crippen LogP contribution in [-0.4, -0.2) is 19.0 Å². The van der Waals surface area contributed by atoms with E-state index >= 15 is 0 Å². The van der Waals surface area contributed by atoms with Crippen LogP contribution in [0.3, 0.4) is 0 Å². The van der Waals surface area contributed by atoms with Crippen molar-refractivity contribution in [2.24, 2.45) is 16.9 Å². The molecule has 98 valence electrons. The van der Waals surface area contributed by atoms with E-state index in [1.165, 1.54) is 0 Å². The molecule has 1 saturated heterocycles. The third-order valence-electron chi connectivity index (χ3n) is 3.71. The number of carbonyl (C=O) groups is 1. The van der Waals surface area contributed by atoms with E-state index in [-0.39, 0.29) is 5.91 Å². The Morgan fingerprint density at radius 3 is 2.83 bits per heavy atom. The molecule has 0 spiro atoms. The lowest BCUT2D eigenvalue weighted by Crippen LogP contribution is -2.37. The standard InChI is InChI=1S/C13H18BrN3O/c1-13(12(16)18)5-6-17(8-13)11-4-2-3-10(14)9(11)7-15/h2-4H,5-8,15H2,1H3,(H2,16,18). The van der Waals surface area contributed by atoms with Gasteiger partial charge in [-0.15, -0.1) is 0 Å². The quantitative estimate of drug-likeness (QED) is 0.890. The highest BCUT2D eigenvalue weighted by molar-refractivity contribution is 9.10. The van der Waals surface area contributed by atoms with E-state index in [1.807, 2.05) is 25.1 Å². The monoisotopic (exact) mass is 311 g/mol. The number of hydrogen-bond donors (Lipinski definition) is 2. The molecular formula is C13H18BrN3O. The maximum absolute atomic E-state index is 11.5. The summed E-state index contributed by atoms with van der Waals surface area (Å²) >= 11 is 3.51. The fourth-order valence-corrected chi connectivity index (χ4v) is 2.93. The van der Waals surface area contributed by atoms with Crippen LogP contribution in [0.15, 0.2) is 22.7 Å². The Bertz CT molecular complexity index is 477. The third-order valence-corrected chi connectivity index (χ3v) is 4.45. The fraction of sp³-hybridized carbons (Fsp3) is 0.462. The van der Waals surface area contributed by atoms with Crippen molar-refractivity contribution in [2.45, 2.75) is 19.9 Å². The minimum atomic E-state index is -0.436. The van der Waals surface area contributed by atoms with Crippen molar-refractivity contribution in [3.05, 3.63) is 28.2 Å². The molecule has 1 heterocycles. The van der Waals surface area contributed by atoms with Crippen LogP contribution >= 0.6 is 15.9 Å². The summed E-state index contributed by atoms with van der Waals surface area (Å²) in [5.41, 5.74) is 13.0. The zero-order valence-electron chi connectivity index (χ0n) is 10.4. The topological polar surface area (TPSA) is 72.4 Å². The number of halogens is 1. The van der Waals surface area contributed by atoms with Gasteiger partial charge in [-0.2, -0.15) is 0 Å². The molecule has 4 nitrogen and oxygen atoms in total. The molecule has 2 rings (SSSR count). The van der Waals surface area contributed by atoms with Crippen LogP contribution in [0.2, 0.25) is 0 Å². The largest absolute Gasteiger partial charge is 0.370 e. The number of rotatable bonds is 3. The lowest BCUT2D eigenvalue weighted by Gasteiger charge is -2.25. The molecule has 0 aromatic heterocycles. The smallest absolute Gasteiger partial charge is 0.225 e. The molecule has 0 saturated carbocycles. The minimum absolute atomic E-state index is 0.228. The Kier molecular flexibility index (Phi) is 3.64. The number of amides is 1. The number of primary amides is 1. The highest BCUT2D eigenvalue weighted by Gasteiger charge is 2.39. The molecule has 1 aromatic rings. The lowest BCUT2D eigenvalue weighted by molar-refractivity contribution is -0.125. The molecule has 5 heteroatoms. The maximum atomic E-state index is 11.5. The van der Waals surface area contributed by atoms with E-state index < -0.39 is 5.41 Å². The van der Waals surface area contributed by atoms with Crippen molar-refractivity contribution in [1.29, 1.82) is 0 Å². The van der Waals surface area contributed by atoms with Gasteiger partial charge in [0.2, 0.25) is 5.91 Å². The number of nitrogens with zero attached hydrogens (tertiary/aromatic N) is 1. The second-order valence-corrected chi connectivity index (χ2v) is 5.89. The van der Waals surface area contributed by atoms with Gasteiger partial charge in [0.05, 0.1) is 5.41 Å². The number of nitrogens with two attached hydrogens (primary N) is 2. The Morgan fingerprint density at radius 1 is 1.56 bits per heavy atom. The van der Waals surface area contributed by atoms with Gasteiger partial charge in [0.1, 0.15) is 0 Å². The van der Waals surface area contributed by atoms with Gasteiger partial charge in [0.15, 0.2) is 0 Å². The molecule has 1 fully saturated rings. The number of anilines is 1. The first kappa shape index (κ1) is 13.4. The van der Waals surface area contributed by atoms with Gasteiger partial charge in [0, 0.05) is 35.4 Å². The van der Waals surface area contributed by atoms with Crippen LogP contribution in [0.25, 0.3) is 0 Å². The predicted molar refractivity (Wildman–Crippen MR) is 76.2 cm³/mol. The Morgan fingerprint density at radius 2 is 2.28 bits per heavy atom.